The lowest BCUT2D eigenvalue weighted by Crippen LogP contribution is -1.95. The standard InChI is InChI=1S/C16H18N8O2/c1-9-7-13(25)23-15(17-9)19-11(21-23)5-3-4-6-12-20-16-18-10(2)8-14(26)24(16)22-12/h7-8,25-26H,3-6H2,1-2H3. The van der Waals surface area contributed by atoms with Gasteiger partial charge in [0.05, 0.1) is 0 Å². The van der Waals surface area contributed by atoms with Gasteiger partial charge < -0.3 is 10.2 Å². The SMILES string of the molecule is Cc1cc(O)n2nc(CCCCc3nc4nc(C)cc(O)n4n3)nc2n1. The fourth-order valence-electron chi connectivity index (χ4n) is 2.80. The van der Waals surface area contributed by atoms with E-state index in [1.165, 1.54) is 9.03 Å². The molecule has 4 heterocycles. The van der Waals surface area contributed by atoms with Crippen molar-refractivity contribution in [3.63, 3.8) is 0 Å². The molecule has 0 aliphatic rings. The fraction of sp³-hybridized carbons (Fsp3) is 0.375. The van der Waals surface area contributed by atoms with Crippen molar-refractivity contribution in [1.82, 2.24) is 39.2 Å². The molecule has 0 aromatic carbocycles. The number of unbranched alkanes of at least 4 members (excludes halogenated alkanes) is 1. The molecule has 0 saturated heterocycles. The van der Waals surface area contributed by atoms with Gasteiger partial charge in [0.2, 0.25) is 11.8 Å². The van der Waals surface area contributed by atoms with Crippen molar-refractivity contribution in [1.29, 1.82) is 0 Å². The summed E-state index contributed by atoms with van der Waals surface area (Å²) < 4.78 is 2.67. The first-order valence-electron chi connectivity index (χ1n) is 8.34. The number of aromatic nitrogens is 8. The Morgan fingerprint density at radius 1 is 0.731 bits per heavy atom. The minimum absolute atomic E-state index is 0.0303. The predicted octanol–water partition coefficient (Wildman–Crippen LogP) is 1.16. The minimum Gasteiger partial charge on any atom is -0.493 e. The maximum atomic E-state index is 9.87. The van der Waals surface area contributed by atoms with Crippen molar-refractivity contribution in [2.24, 2.45) is 0 Å². The Kier molecular flexibility index (Phi) is 3.86. The highest BCUT2D eigenvalue weighted by molar-refractivity contribution is 5.34. The fourth-order valence-corrected chi connectivity index (χ4v) is 2.80. The molecule has 0 spiro atoms. The normalized spacial score (nSPS) is 11.6. The van der Waals surface area contributed by atoms with Crippen LogP contribution in [-0.4, -0.2) is 49.4 Å². The lowest BCUT2D eigenvalue weighted by atomic mass is 10.2. The molecule has 10 heteroatoms. The van der Waals surface area contributed by atoms with E-state index in [-0.39, 0.29) is 11.8 Å². The van der Waals surface area contributed by atoms with E-state index >= 15 is 0 Å². The first-order chi connectivity index (χ1) is 12.5. The summed E-state index contributed by atoms with van der Waals surface area (Å²) in [7, 11) is 0. The molecule has 4 aromatic rings. The summed E-state index contributed by atoms with van der Waals surface area (Å²) in [6.07, 6.45) is 3.00. The zero-order chi connectivity index (χ0) is 18.3. The maximum Gasteiger partial charge on any atom is 0.255 e. The first-order valence-corrected chi connectivity index (χ1v) is 8.34. The summed E-state index contributed by atoms with van der Waals surface area (Å²) in [5.74, 6) is 2.13. The van der Waals surface area contributed by atoms with Crippen LogP contribution in [0.1, 0.15) is 35.9 Å². The van der Waals surface area contributed by atoms with E-state index in [0.717, 1.165) is 12.8 Å². The van der Waals surface area contributed by atoms with Gasteiger partial charge in [-0.2, -0.15) is 19.0 Å². The zero-order valence-electron chi connectivity index (χ0n) is 14.5. The molecule has 0 atom stereocenters. The average Bonchev–Trinajstić information content (AvgIpc) is 3.15. The van der Waals surface area contributed by atoms with Gasteiger partial charge in [-0.1, -0.05) is 0 Å². The monoisotopic (exact) mass is 354 g/mol. The maximum absolute atomic E-state index is 9.87. The van der Waals surface area contributed by atoms with Gasteiger partial charge in [0.25, 0.3) is 11.6 Å². The van der Waals surface area contributed by atoms with Gasteiger partial charge in [-0.15, -0.1) is 10.2 Å². The van der Waals surface area contributed by atoms with E-state index in [9.17, 15) is 10.2 Å². The molecule has 0 bridgehead atoms. The van der Waals surface area contributed by atoms with Crippen molar-refractivity contribution in [2.75, 3.05) is 0 Å². The Hall–Kier alpha value is -3.30. The third kappa shape index (κ3) is 3.01. The lowest BCUT2D eigenvalue weighted by molar-refractivity contribution is 0.432. The second-order valence-electron chi connectivity index (χ2n) is 6.20. The molecule has 134 valence electrons. The van der Waals surface area contributed by atoms with E-state index < -0.39 is 0 Å². The molecule has 2 N–H and O–H groups in total. The van der Waals surface area contributed by atoms with Gasteiger partial charge in [-0.3, -0.25) is 0 Å². The molecule has 4 rings (SSSR count). The van der Waals surface area contributed by atoms with E-state index in [0.29, 0.717) is 47.4 Å². The highest BCUT2D eigenvalue weighted by atomic mass is 16.3. The Morgan fingerprint density at radius 3 is 1.58 bits per heavy atom. The Morgan fingerprint density at radius 2 is 1.15 bits per heavy atom. The molecule has 4 aromatic heterocycles. The van der Waals surface area contributed by atoms with Crippen LogP contribution in [0, 0.1) is 13.8 Å². The Balaban J connectivity index is 1.39. The zero-order valence-corrected chi connectivity index (χ0v) is 14.5. The quantitative estimate of drug-likeness (QED) is 0.511. The number of rotatable bonds is 5. The van der Waals surface area contributed by atoms with Crippen molar-refractivity contribution < 1.29 is 10.2 Å². The Bertz CT molecular complexity index is 1010. The number of aryl methyl sites for hydroxylation is 4. The summed E-state index contributed by atoms with van der Waals surface area (Å²) in [5, 5.41) is 28.3. The third-order valence-corrected chi connectivity index (χ3v) is 3.98. The largest absolute Gasteiger partial charge is 0.493 e. The second kappa shape index (κ2) is 6.21. The van der Waals surface area contributed by atoms with E-state index in [1.807, 2.05) is 0 Å². The van der Waals surface area contributed by atoms with Crippen LogP contribution in [0.5, 0.6) is 11.8 Å². The number of aromatic hydroxyl groups is 2. The van der Waals surface area contributed by atoms with Crippen LogP contribution in [0.15, 0.2) is 12.1 Å². The summed E-state index contributed by atoms with van der Waals surface area (Å²) >= 11 is 0. The average molecular weight is 354 g/mol. The summed E-state index contributed by atoms with van der Waals surface area (Å²) in [4.78, 5) is 17.2. The molecular weight excluding hydrogens is 336 g/mol. The van der Waals surface area contributed by atoms with Gasteiger partial charge in [0, 0.05) is 36.4 Å². The van der Waals surface area contributed by atoms with Gasteiger partial charge in [0.1, 0.15) is 0 Å². The van der Waals surface area contributed by atoms with Crippen molar-refractivity contribution in [3.05, 3.63) is 35.2 Å². The van der Waals surface area contributed by atoms with Crippen LogP contribution < -0.4 is 0 Å². The van der Waals surface area contributed by atoms with Crippen LogP contribution in [0.2, 0.25) is 0 Å². The molecule has 26 heavy (non-hydrogen) atoms. The highest BCUT2D eigenvalue weighted by Crippen LogP contribution is 2.14. The van der Waals surface area contributed by atoms with E-state index in [1.54, 1.807) is 26.0 Å². The topological polar surface area (TPSA) is 127 Å². The van der Waals surface area contributed by atoms with Crippen LogP contribution in [0.3, 0.4) is 0 Å². The van der Waals surface area contributed by atoms with Crippen molar-refractivity contribution >= 4 is 11.6 Å². The number of fused-ring (bicyclic) bond motifs is 2. The minimum atomic E-state index is 0.0303. The first kappa shape index (κ1) is 16.2. The van der Waals surface area contributed by atoms with Crippen LogP contribution in [0.25, 0.3) is 11.6 Å². The predicted molar refractivity (Wildman–Crippen MR) is 91.0 cm³/mol. The molecule has 0 saturated carbocycles. The molecule has 0 aliphatic carbocycles. The van der Waals surface area contributed by atoms with Gasteiger partial charge in [-0.05, 0) is 26.7 Å². The smallest absolute Gasteiger partial charge is 0.255 e. The molecule has 0 fully saturated rings. The molecule has 10 nitrogen and oxygen atoms in total. The lowest BCUT2D eigenvalue weighted by Gasteiger charge is -1.96. The highest BCUT2D eigenvalue weighted by Gasteiger charge is 2.11. The molecule has 0 unspecified atom stereocenters. The Labute approximate surface area is 148 Å². The molecule has 0 aliphatic heterocycles. The van der Waals surface area contributed by atoms with Gasteiger partial charge >= 0.3 is 0 Å². The number of hydrogen-bond acceptors (Lipinski definition) is 8. The number of hydrogen-bond donors (Lipinski definition) is 2. The summed E-state index contributed by atoms with van der Waals surface area (Å²) in [5.41, 5.74) is 1.39. The van der Waals surface area contributed by atoms with Crippen LogP contribution in [0.4, 0.5) is 0 Å². The summed E-state index contributed by atoms with van der Waals surface area (Å²) in [6.45, 7) is 3.59. The van der Waals surface area contributed by atoms with Gasteiger partial charge in [-0.25, -0.2) is 9.97 Å². The van der Waals surface area contributed by atoms with Gasteiger partial charge in [0.15, 0.2) is 11.6 Å². The van der Waals surface area contributed by atoms with Crippen LogP contribution in [-0.2, 0) is 12.8 Å². The van der Waals surface area contributed by atoms with Crippen molar-refractivity contribution in [3.8, 4) is 11.8 Å². The van der Waals surface area contributed by atoms with E-state index in [2.05, 4.69) is 30.1 Å². The molecular formula is C16H18N8O2. The molecule has 0 amide bonds. The third-order valence-electron chi connectivity index (χ3n) is 3.98. The summed E-state index contributed by atoms with van der Waals surface area (Å²) in [6, 6.07) is 3.09. The molecule has 0 radical (unpaired) electrons. The number of nitrogens with zero attached hydrogens (tertiary/aromatic N) is 8. The van der Waals surface area contributed by atoms with E-state index in [4.69, 9.17) is 0 Å². The van der Waals surface area contributed by atoms with Crippen molar-refractivity contribution in [2.45, 2.75) is 39.5 Å². The van der Waals surface area contributed by atoms with Crippen LogP contribution >= 0.6 is 0 Å². The second-order valence-corrected chi connectivity index (χ2v) is 6.20.